The summed E-state index contributed by atoms with van der Waals surface area (Å²) in [7, 11) is 0. The van der Waals surface area contributed by atoms with E-state index >= 15 is 0 Å². The van der Waals surface area contributed by atoms with Crippen molar-refractivity contribution in [1.29, 1.82) is 0 Å². The Morgan fingerprint density at radius 2 is 1.90 bits per heavy atom. The Labute approximate surface area is 128 Å². The number of amides is 1. The van der Waals surface area contributed by atoms with Crippen molar-refractivity contribution in [3.8, 4) is 11.5 Å². The fourth-order valence-electron chi connectivity index (χ4n) is 2.85. The minimum absolute atomic E-state index is 0.0852. The minimum atomic E-state index is 0.0852. The van der Waals surface area contributed by atoms with Crippen LogP contribution in [0.25, 0.3) is 11.5 Å². The number of nitrogens with one attached hydrogen (secondary N) is 1. The first-order valence-electron chi connectivity index (χ1n) is 7.05. The number of likely N-dealkylation sites (tertiary alicyclic amines) is 1. The van der Waals surface area contributed by atoms with E-state index in [1.54, 1.807) is 0 Å². The molecule has 1 fully saturated rings. The number of nitrogens with zero attached hydrogens (tertiary/aromatic N) is 2. The molecule has 1 aromatic carbocycles. The SMILES string of the molecule is C[C@@H]1CC[C@H](C)N1C(=O)c1ccc(-c2n[nH]c(=S)o2)cc1. The van der Waals surface area contributed by atoms with Gasteiger partial charge in [0.05, 0.1) is 0 Å². The molecule has 21 heavy (non-hydrogen) atoms. The number of benzene rings is 1. The molecule has 1 aliphatic heterocycles. The summed E-state index contributed by atoms with van der Waals surface area (Å²) in [4.78, 5) is 14.8. The zero-order chi connectivity index (χ0) is 15.0. The first-order valence-corrected chi connectivity index (χ1v) is 7.45. The highest BCUT2D eigenvalue weighted by Crippen LogP contribution is 2.26. The van der Waals surface area contributed by atoms with Gasteiger partial charge in [0.1, 0.15) is 0 Å². The zero-order valence-corrected chi connectivity index (χ0v) is 12.8. The smallest absolute Gasteiger partial charge is 0.284 e. The zero-order valence-electron chi connectivity index (χ0n) is 12.0. The molecule has 5 nitrogen and oxygen atoms in total. The molecule has 2 atom stereocenters. The maximum atomic E-state index is 12.6. The van der Waals surface area contributed by atoms with E-state index < -0.39 is 0 Å². The van der Waals surface area contributed by atoms with Gasteiger partial charge in [0, 0.05) is 23.2 Å². The van der Waals surface area contributed by atoms with Crippen molar-refractivity contribution >= 4 is 18.1 Å². The molecule has 0 unspecified atom stereocenters. The van der Waals surface area contributed by atoms with Crippen molar-refractivity contribution in [2.45, 2.75) is 38.8 Å². The maximum absolute atomic E-state index is 12.6. The Bertz CT molecular complexity index is 694. The van der Waals surface area contributed by atoms with Gasteiger partial charge in [0.15, 0.2) is 0 Å². The van der Waals surface area contributed by atoms with Crippen molar-refractivity contribution in [2.24, 2.45) is 0 Å². The topological polar surface area (TPSA) is 62.1 Å². The van der Waals surface area contributed by atoms with Crippen LogP contribution in [0.5, 0.6) is 0 Å². The number of hydrogen-bond acceptors (Lipinski definition) is 4. The predicted octanol–water partition coefficient (Wildman–Crippen LogP) is 3.41. The first-order chi connectivity index (χ1) is 10.1. The second-order valence-electron chi connectivity index (χ2n) is 5.48. The molecule has 3 rings (SSSR count). The summed E-state index contributed by atoms with van der Waals surface area (Å²) < 4.78 is 5.26. The van der Waals surface area contributed by atoms with Crippen LogP contribution in [0.4, 0.5) is 0 Å². The number of aromatic amines is 1. The van der Waals surface area contributed by atoms with Crippen molar-refractivity contribution < 1.29 is 9.21 Å². The summed E-state index contributed by atoms with van der Waals surface area (Å²) >= 11 is 4.85. The van der Waals surface area contributed by atoms with Gasteiger partial charge in [-0.3, -0.25) is 4.79 Å². The van der Waals surface area contributed by atoms with Crippen LogP contribution in [0.1, 0.15) is 37.0 Å². The van der Waals surface area contributed by atoms with Crippen LogP contribution in [-0.2, 0) is 0 Å². The molecule has 0 radical (unpaired) electrons. The van der Waals surface area contributed by atoms with Gasteiger partial charge in [-0.25, -0.2) is 5.10 Å². The molecular weight excluding hydrogens is 286 g/mol. The fraction of sp³-hybridized carbons (Fsp3) is 0.400. The monoisotopic (exact) mass is 303 g/mol. The summed E-state index contributed by atoms with van der Waals surface area (Å²) in [6.07, 6.45) is 2.14. The van der Waals surface area contributed by atoms with Gasteiger partial charge in [-0.15, -0.1) is 5.10 Å². The van der Waals surface area contributed by atoms with Crippen LogP contribution < -0.4 is 0 Å². The number of H-pyrrole nitrogens is 1. The molecule has 6 heteroatoms. The Balaban J connectivity index is 1.84. The third-order valence-corrected chi connectivity index (χ3v) is 4.18. The molecule has 0 saturated carbocycles. The standard InChI is InChI=1S/C15H17N3O2S/c1-9-3-4-10(2)18(9)14(19)12-7-5-11(6-8-12)13-16-17-15(21)20-13/h5-10H,3-4H2,1-2H3,(H,17,21)/t9-,10+. The number of aromatic nitrogens is 2. The van der Waals surface area contributed by atoms with E-state index in [-0.39, 0.29) is 10.7 Å². The van der Waals surface area contributed by atoms with Crippen LogP contribution in [0.15, 0.2) is 28.7 Å². The fourth-order valence-corrected chi connectivity index (χ4v) is 2.98. The molecular formula is C15H17N3O2S. The Morgan fingerprint density at radius 1 is 1.29 bits per heavy atom. The maximum Gasteiger partial charge on any atom is 0.284 e. The van der Waals surface area contributed by atoms with Crippen LogP contribution >= 0.6 is 12.2 Å². The van der Waals surface area contributed by atoms with Gasteiger partial charge in [0.2, 0.25) is 5.89 Å². The van der Waals surface area contributed by atoms with Gasteiger partial charge in [-0.05, 0) is 63.2 Å². The average Bonchev–Trinajstić information content (AvgIpc) is 3.05. The molecule has 1 amide bonds. The van der Waals surface area contributed by atoms with Crippen LogP contribution in [0, 0.1) is 4.84 Å². The van der Waals surface area contributed by atoms with Gasteiger partial charge in [0.25, 0.3) is 10.7 Å². The van der Waals surface area contributed by atoms with Gasteiger partial charge < -0.3 is 9.32 Å². The quantitative estimate of drug-likeness (QED) is 0.864. The summed E-state index contributed by atoms with van der Waals surface area (Å²) in [6.45, 7) is 4.20. The molecule has 1 aromatic heterocycles. The lowest BCUT2D eigenvalue weighted by Crippen LogP contribution is -2.38. The molecule has 110 valence electrons. The van der Waals surface area contributed by atoms with E-state index in [9.17, 15) is 4.79 Å². The lowest BCUT2D eigenvalue weighted by molar-refractivity contribution is 0.0693. The first kappa shape index (κ1) is 14.0. The average molecular weight is 303 g/mol. The highest BCUT2D eigenvalue weighted by atomic mass is 32.1. The van der Waals surface area contributed by atoms with E-state index in [1.165, 1.54) is 0 Å². The molecule has 1 saturated heterocycles. The van der Waals surface area contributed by atoms with E-state index in [2.05, 4.69) is 24.0 Å². The number of hydrogen-bond donors (Lipinski definition) is 1. The second kappa shape index (κ2) is 5.44. The summed E-state index contributed by atoms with van der Waals surface area (Å²) in [5, 5.41) is 6.55. The molecule has 0 spiro atoms. The predicted molar refractivity (Wildman–Crippen MR) is 81.5 cm³/mol. The van der Waals surface area contributed by atoms with Gasteiger partial charge >= 0.3 is 0 Å². The molecule has 0 aliphatic carbocycles. The summed E-state index contributed by atoms with van der Waals surface area (Å²) in [5.74, 6) is 0.517. The number of carbonyl (C=O) groups excluding carboxylic acids is 1. The van der Waals surface area contributed by atoms with E-state index in [0.717, 1.165) is 18.4 Å². The Kier molecular flexibility index (Phi) is 3.63. The van der Waals surface area contributed by atoms with Gasteiger partial charge in [-0.1, -0.05) is 0 Å². The van der Waals surface area contributed by atoms with Gasteiger partial charge in [-0.2, -0.15) is 0 Å². The third kappa shape index (κ3) is 2.63. The van der Waals surface area contributed by atoms with Crippen molar-refractivity contribution in [3.63, 3.8) is 0 Å². The van der Waals surface area contributed by atoms with E-state index in [4.69, 9.17) is 16.6 Å². The van der Waals surface area contributed by atoms with Crippen molar-refractivity contribution in [2.75, 3.05) is 0 Å². The second-order valence-corrected chi connectivity index (χ2v) is 5.85. The van der Waals surface area contributed by atoms with Crippen molar-refractivity contribution in [3.05, 3.63) is 34.7 Å². The number of rotatable bonds is 2. The minimum Gasteiger partial charge on any atom is -0.409 e. The third-order valence-electron chi connectivity index (χ3n) is 4.00. The van der Waals surface area contributed by atoms with E-state index in [1.807, 2.05) is 29.2 Å². The van der Waals surface area contributed by atoms with Crippen LogP contribution in [0.2, 0.25) is 0 Å². The highest BCUT2D eigenvalue weighted by molar-refractivity contribution is 7.71. The lowest BCUT2D eigenvalue weighted by atomic mass is 10.1. The van der Waals surface area contributed by atoms with E-state index in [0.29, 0.717) is 23.5 Å². The molecule has 1 aliphatic rings. The van der Waals surface area contributed by atoms with Crippen molar-refractivity contribution in [1.82, 2.24) is 15.1 Å². The molecule has 2 aromatic rings. The Morgan fingerprint density at radius 3 is 2.43 bits per heavy atom. The van der Waals surface area contributed by atoms with Crippen LogP contribution in [0.3, 0.4) is 0 Å². The highest BCUT2D eigenvalue weighted by Gasteiger charge is 2.31. The summed E-state index contributed by atoms with van der Waals surface area (Å²) in [6, 6.07) is 7.87. The largest absolute Gasteiger partial charge is 0.409 e. The molecule has 2 heterocycles. The normalized spacial score (nSPS) is 21.7. The lowest BCUT2D eigenvalue weighted by Gasteiger charge is -2.26. The Hall–Kier alpha value is -1.95. The molecule has 0 bridgehead atoms. The van der Waals surface area contributed by atoms with Crippen LogP contribution in [-0.4, -0.2) is 33.1 Å². The number of carbonyl (C=O) groups is 1. The molecule has 1 N–H and O–H groups in total. The summed E-state index contributed by atoms with van der Waals surface area (Å²) in [5.41, 5.74) is 1.48.